The van der Waals surface area contributed by atoms with Crippen LogP contribution in [0.2, 0.25) is 0 Å². The zero-order valence-corrected chi connectivity index (χ0v) is 17.7. The Balaban J connectivity index is 1.23. The van der Waals surface area contributed by atoms with Gasteiger partial charge in [-0.05, 0) is 38.1 Å². The van der Waals surface area contributed by atoms with Crippen molar-refractivity contribution in [2.45, 2.75) is 20.4 Å². The number of piperazine rings is 1. The Morgan fingerprint density at radius 3 is 2.55 bits per heavy atom. The van der Waals surface area contributed by atoms with Crippen LogP contribution in [0, 0.1) is 13.8 Å². The van der Waals surface area contributed by atoms with Crippen molar-refractivity contribution >= 4 is 11.6 Å². The maximum Gasteiger partial charge on any atom is 0.266 e. The van der Waals surface area contributed by atoms with E-state index in [4.69, 9.17) is 0 Å². The summed E-state index contributed by atoms with van der Waals surface area (Å²) in [5, 5.41) is 17.6. The van der Waals surface area contributed by atoms with E-state index in [-0.39, 0.29) is 5.56 Å². The van der Waals surface area contributed by atoms with Gasteiger partial charge in [0.15, 0.2) is 11.5 Å². The lowest BCUT2D eigenvalue weighted by atomic mass is 10.3. The van der Waals surface area contributed by atoms with Crippen LogP contribution in [0.3, 0.4) is 0 Å². The SMILES string of the molecule is Cc1cc(C)n(-c2ccc(=O)n(CCN3CCN(c4nnc5ccccn45)CC3)n2)n1. The standard InChI is InChI=1S/C21H25N9O/c1-16-15-17(2)30(24-16)19-6-7-20(31)29(25-19)14-11-26-9-12-27(13-10-26)21-23-22-18-5-3-4-8-28(18)21/h3-8,15H,9-14H2,1-2H3. The highest BCUT2D eigenvalue weighted by atomic mass is 16.1. The molecule has 0 bridgehead atoms. The fourth-order valence-electron chi connectivity index (χ4n) is 4.02. The topological polar surface area (TPSA) is 89.4 Å². The molecular weight excluding hydrogens is 394 g/mol. The summed E-state index contributed by atoms with van der Waals surface area (Å²) in [7, 11) is 0. The number of rotatable bonds is 5. The molecule has 0 aliphatic carbocycles. The lowest BCUT2D eigenvalue weighted by Crippen LogP contribution is -2.48. The second-order valence-electron chi connectivity index (χ2n) is 7.85. The van der Waals surface area contributed by atoms with E-state index < -0.39 is 0 Å². The molecule has 10 nitrogen and oxygen atoms in total. The van der Waals surface area contributed by atoms with E-state index in [1.807, 2.05) is 48.7 Å². The van der Waals surface area contributed by atoms with Gasteiger partial charge in [0.25, 0.3) is 5.56 Å². The number of hydrogen-bond donors (Lipinski definition) is 0. The van der Waals surface area contributed by atoms with Gasteiger partial charge in [0.2, 0.25) is 5.95 Å². The van der Waals surface area contributed by atoms with E-state index in [2.05, 4.69) is 30.2 Å². The van der Waals surface area contributed by atoms with Crippen LogP contribution in [-0.4, -0.2) is 71.8 Å². The molecule has 5 rings (SSSR count). The average Bonchev–Trinajstić information content (AvgIpc) is 3.36. The van der Waals surface area contributed by atoms with Gasteiger partial charge in [-0.3, -0.25) is 14.1 Å². The molecule has 1 saturated heterocycles. The van der Waals surface area contributed by atoms with E-state index in [0.717, 1.165) is 55.7 Å². The normalized spacial score (nSPS) is 15.1. The summed E-state index contributed by atoms with van der Waals surface area (Å²) in [5.41, 5.74) is 2.68. The summed E-state index contributed by atoms with van der Waals surface area (Å²) in [6.45, 7) is 8.76. The van der Waals surface area contributed by atoms with Crippen molar-refractivity contribution < 1.29 is 0 Å². The molecule has 0 unspecified atom stereocenters. The number of anilines is 1. The average molecular weight is 419 g/mol. The van der Waals surface area contributed by atoms with E-state index in [1.54, 1.807) is 16.8 Å². The predicted octanol–water partition coefficient (Wildman–Crippen LogP) is 0.911. The molecule has 10 heteroatoms. The first-order valence-corrected chi connectivity index (χ1v) is 10.5. The molecule has 4 aromatic heterocycles. The molecular formula is C21H25N9O. The van der Waals surface area contributed by atoms with Gasteiger partial charge in [-0.25, -0.2) is 9.36 Å². The molecule has 0 radical (unpaired) electrons. The molecule has 0 saturated carbocycles. The highest BCUT2D eigenvalue weighted by molar-refractivity contribution is 5.46. The lowest BCUT2D eigenvalue weighted by Gasteiger charge is -2.34. The first-order valence-electron chi connectivity index (χ1n) is 10.5. The molecule has 0 spiro atoms. The van der Waals surface area contributed by atoms with Gasteiger partial charge in [0.1, 0.15) is 0 Å². The minimum Gasteiger partial charge on any atom is -0.338 e. The quantitative estimate of drug-likeness (QED) is 0.475. The fourth-order valence-corrected chi connectivity index (χ4v) is 4.02. The molecule has 0 atom stereocenters. The Morgan fingerprint density at radius 2 is 1.77 bits per heavy atom. The van der Waals surface area contributed by atoms with E-state index in [1.165, 1.54) is 4.68 Å². The van der Waals surface area contributed by atoms with Crippen molar-refractivity contribution in [3.8, 4) is 5.82 Å². The maximum absolute atomic E-state index is 12.3. The molecule has 5 heterocycles. The number of pyridine rings is 1. The minimum absolute atomic E-state index is 0.0983. The van der Waals surface area contributed by atoms with E-state index >= 15 is 0 Å². The van der Waals surface area contributed by atoms with Crippen molar-refractivity contribution in [3.63, 3.8) is 0 Å². The smallest absolute Gasteiger partial charge is 0.266 e. The Hall–Kier alpha value is -3.53. The summed E-state index contributed by atoms with van der Waals surface area (Å²) in [6.07, 6.45) is 1.99. The lowest BCUT2D eigenvalue weighted by molar-refractivity contribution is 0.241. The Morgan fingerprint density at radius 1 is 0.935 bits per heavy atom. The van der Waals surface area contributed by atoms with Crippen LogP contribution < -0.4 is 10.5 Å². The van der Waals surface area contributed by atoms with Gasteiger partial charge in [-0.15, -0.1) is 15.3 Å². The number of fused-ring (bicyclic) bond motifs is 1. The molecule has 0 amide bonds. The summed E-state index contributed by atoms with van der Waals surface area (Å²) < 4.78 is 5.32. The van der Waals surface area contributed by atoms with Crippen LogP contribution >= 0.6 is 0 Å². The first-order chi connectivity index (χ1) is 15.1. The van der Waals surface area contributed by atoms with Crippen LogP contribution in [-0.2, 0) is 6.54 Å². The largest absolute Gasteiger partial charge is 0.338 e. The third-order valence-corrected chi connectivity index (χ3v) is 5.66. The molecule has 4 aromatic rings. The molecule has 0 aromatic carbocycles. The van der Waals surface area contributed by atoms with E-state index in [0.29, 0.717) is 12.4 Å². The van der Waals surface area contributed by atoms with E-state index in [9.17, 15) is 4.79 Å². The molecule has 0 N–H and O–H groups in total. The zero-order chi connectivity index (χ0) is 21.4. The van der Waals surface area contributed by atoms with Gasteiger partial charge >= 0.3 is 0 Å². The van der Waals surface area contributed by atoms with Crippen molar-refractivity contribution in [3.05, 3.63) is 64.3 Å². The van der Waals surface area contributed by atoms with Crippen molar-refractivity contribution in [1.82, 2.24) is 39.1 Å². The summed E-state index contributed by atoms with van der Waals surface area (Å²) in [6, 6.07) is 11.2. The predicted molar refractivity (Wildman–Crippen MR) is 117 cm³/mol. The van der Waals surface area contributed by atoms with Gasteiger partial charge in [0, 0.05) is 50.7 Å². The molecule has 1 aliphatic heterocycles. The number of nitrogens with zero attached hydrogens (tertiary/aromatic N) is 9. The highest BCUT2D eigenvalue weighted by Gasteiger charge is 2.21. The van der Waals surface area contributed by atoms with Crippen LogP contribution in [0.25, 0.3) is 11.5 Å². The first kappa shape index (κ1) is 19.4. The van der Waals surface area contributed by atoms with Gasteiger partial charge < -0.3 is 4.90 Å². The molecule has 1 aliphatic rings. The molecule has 1 fully saturated rings. The van der Waals surface area contributed by atoms with Crippen LogP contribution in [0.5, 0.6) is 0 Å². The number of aromatic nitrogens is 7. The Labute approximate surface area is 179 Å². The third-order valence-electron chi connectivity index (χ3n) is 5.66. The number of hydrogen-bond acceptors (Lipinski definition) is 7. The number of aryl methyl sites for hydroxylation is 2. The summed E-state index contributed by atoms with van der Waals surface area (Å²) in [4.78, 5) is 16.9. The second kappa shape index (κ2) is 7.95. The maximum atomic E-state index is 12.3. The fraction of sp³-hybridized carbons (Fsp3) is 0.381. The van der Waals surface area contributed by atoms with Gasteiger partial charge in [-0.1, -0.05) is 6.07 Å². The Kier molecular flexibility index (Phi) is 4.99. The van der Waals surface area contributed by atoms with Gasteiger partial charge in [-0.2, -0.15) is 5.10 Å². The third kappa shape index (κ3) is 3.81. The molecule has 31 heavy (non-hydrogen) atoms. The van der Waals surface area contributed by atoms with Crippen LogP contribution in [0.1, 0.15) is 11.4 Å². The van der Waals surface area contributed by atoms with Crippen molar-refractivity contribution in [2.75, 3.05) is 37.6 Å². The van der Waals surface area contributed by atoms with Crippen LogP contribution in [0.15, 0.2) is 47.4 Å². The monoisotopic (exact) mass is 419 g/mol. The van der Waals surface area contributed by atoms with Gasteiger partial charge in [0.05, 0.1) is 12.2 Å². The van der Waals surface area contributed by atoms with Crippen LogP contribution in [0.4, 0.5) is 5.95 Å². The zero-order valence-electron chi connectivity index (χ0n) is 17.7. The summed E-state index contributed by atoms with van der Waals surface area (Å²) in [5.74, 6) is 1.54. The Bertz CT molecular complexity index is 1260. The second-order valence-corrected chi connectivity index (χ2v) is 7.85. The summed E-state index contributed by atoms with van der Waals surface area (Å²) >= 11 is 0. The van der Waals surface area contributed by atoms with Crippen molar-refractivity contribution in [1.29, 1.82) is 0 Å². The van der Waals surface area contributed by atoms with Crippen molar-refractivity contribution in [2.24, 2.45) is 0 Å². The highest BCUT2D eigenvalue weighted by Crippen LogP contribution is 2.15. The molecule has 160 valence electrons. The minimum atomic E-state index is -0.0983.